The molecule has 0 aliphatic carbocycles. The third-order valence-corrected chi connectivity index (χ3v) is 4.18. The van der Waals surface area contributed by atoms with Crippen molar-refractivity contribution in [1.29, 1.82) is 0 Å². The highest BCUT2D eigenvalue weighted by molar-refractivity contribution is 6.05. The molecule has 3 rings (SSSR count). The molecule has 0 saturated heterocycles. The molecule has 0 fully saturated rings. The van der Waals surface area contributed by atoms with Gasteiger partial charge in [-0.2, -0.15) is 0 Å². The lowest BCUT2D eigenvalue weighted by Gasteiger charge is -2.18. The summed E-state index contributed by atoms with van der Waals surface area (Å²) in [5.41, 5.74) is 0.710. The number of fused-ring (bicyclic) bond motifs is 1. The van der Waals surface area contributed by atoms with E-state index in [9.17, 15) is 19.7 Å². The summed E-state index contributed by atoms with van der Waals surface area (Å²) in [6.45, 7) is 1.52. The van der Waals surface area contributed by atoms with Gasteiger partial charge in [-0.3, -0.25) is 9.36 Å². The summed E-state index contributed by atoms with van der Waals surface area (Å²) < 4.78 is 6.55. The van der Waals surface area contributed by atoms with Crippen LogP contribution in [0.2, 0.25) is 0 Å². The van der Waals surface area contributed by atoms with E-state index in [4.69, 9.17) is 4.74 Å². The highest BCUT2D eigenvalue weighted by Gasteiger charge is 2.24. The number of carbonyl (C=O) groups is 1. The lowest BCUT2D eigenvalue weighted by Crippen LogP contribution is -2.29. The second kappa shape index (κ2) is 8.87. The third-order valence-electron chi connectivity index (χ3n) is 4.18. The smallest absolute Gasteiger partial charge is 0.345 e. The van der Waals surface area contributed by atoms with Crippen molar-refractivity contribution < 1.29 is 19.5 Å². The SMILES string of the molecule is CCOC(=O)c1c(NCCO[N+](=O)[O-])c2ccccc2n(-c2ccccc2)c1=O. The molecule has 0 aliphatic heterocycles. The zero-order valence-electron chi connectivity index (χ0n) is 15.7. The average molecular weight is 397 g/mol. The molecule has 9 heteroatoms. The lowest BCUT2D eigenvalue weighted by atomic mass is 10.1. The lowest BCUT2D eigenvalue weighted by molar-refractivity contribution is -0.757. The molecular weight excluding hydrogens is 378 g/mol. The first-order valence-electron chi connectivity index (χ1n) is 8.96. The van der Waals surface area contributed by atoms with Crippen LogP contribution in [0.15, 0.2) is 59.4 Å². The maximum absolute atomic E-state index is 13.3. The predicted octanol–water partition coefficient (Wildman–Crippen LogP) is 2.79. The summed E-state index contributed by atoms with van der Waals surface area (Å²) in [6, 6.07) is 16.0. The highest BCUT2D eigenvalue weighted by atomic mass is 16.9. The van der Waals surface area contributed by atoms with Crippen LogP contribution in [0.1, 0.15) is 17.3 Å². The Labute approximate surface area is 165 Å². The van der Waals surface area contributed by atoms with Crippen molar-refractivity contribution in [3.05, 3.63) is 80.6 Å². The molecule has 0 spiro atoms. The van der Waals surface area contributed by atoms with Gasteiger partial charge < -0.3 is 14.9 Å². The Kier molecular flexibility index (Phi) is 6.08. The Balaban J connectivity index is 2.23. The standard InChI is InChI=1S/C20H19N3O6/c1-2-28-20(25)17-18(21-12-13-29-23(26)27)15-10-6-7-11-16(15)22(19(17)24)14-8-4-3-5-9-14/h3-11,21H,2,12-13H2,1H3. The maximum atomic E-state index is 13.3. The summed E-state index contributed by atoms with van der Waals surface area (Å²) in [4.78, 5) is 40.7. The van der Waals surface area contributed by atoms with E-state index >= 15 is 0 Å². The molecule has 3 aromatic rings. The van der Waals surface area contributed by atoms with Crippen LogP contribution in [-0.4, -0.2) is 35.4 Å². The molecule has 0 aliphatic rings. The summed E-state index contributed by atoms with van der Waals surface area (Å²) >= 11 is 0. The van der Waals surface area contributed by atoms with E-state index < -0.39 is 16.6 Å². The fourth-order valence-electron chi connectivity index (χ4n) is 3.05. The number of aromatic nitrogens is 1. The normalized spacial score (nSPS) is 10.5. The quantitative estimate of drug-likeness (QED) is 0.269. The van der Waals surface area contributed by atoms with Gasteiger partial charge in [-0.15, -0.1) is 10.1 Å². The van der Waals surface area contributed by atoms with Crippen LogP contribution in [0, 0.1) is 10.1 Å². The number of esters is 1. The molecule has 1 aromatic heterocycles. The first kappa shape index (κ1) is 19.9. The second-order valence-corrected chi connectivity index (χ2v) is 5.95. The van der Waals surface area contributed by atoms with Gasteiger partial charge in [-0.25, -0.2) is 4.79 Å². The number of nitrogens with one attached hydrogen (secondary N) is 1. The highest BCUT2D eigenvalue weighted by Crippen LogP contribution is 2.27. The van der Waals surface area contributed by atoms with Gasteiger partial charge >= 0.3 is 5.97 Å². The number of hydrogen-bond acceptors (Lipinski definition) is 7. The molecule has 0 amide bonds. The average Bonchev–Trinajstić information content (AvgIpc) is 2.71. The zero-order chi connectivity index (χ0) is 20.8. The molecule has 29 heavy (non-hydrogen) atoms. The van der Waals surface area contributed by atoms with Crippen molar-refractivity contribution in [3.8, 4) is 5.69 Å². The van der Waals surface area contributed by atoms with Gasteiger partial charge in [0.25, 0.3) is 10.6 Å². The molecule has 0 unspecified atom stereocenters. The van der Waals surface area contributed by atoms with E-state index in [0.717, 1.165) is 0 Å². The molecule has 0 atom stereocenters. The minimum atomic E-state index is -0.903. The van der Waals surface area contributed by atoms with E-state index in [2.05, 4.69) is 10.2 Å². The van der Waals surface area contributed by atoms with Gasteiger partial charge in [0.15, 0.2) is 0 Å². The Morgan fingerprint density at radius 2 is 1.83 bits per heavy atom. The number of hydrogen-bond donors (Lipinski definition) is 1. The predicted molar refractivity (Wildman–Crippen MR) is 107 cm³/mol. The van der Waals surface area contributed by atoms with Crippen LogP contribution >= 0.6 is 0 Å². The van der Waals surface area contributed by atoms with Crippen LogP contribution in [0.3, 0.4) is 0 Å². The van der Waals surface area contributed by atoms with Crippen molar-refractivity contribution in [2.45, 2.75) is 6.92 Å². The number of ether oxygens (including phenoxy) is 1. The Bertz CT molecular complexity index is 1090. The summed E-state index contributed by atoms with van der Waals surface area (Å²) in [5, 5.41) is 13.0. The van der Waals surface area contributed by atoms with Crippen molar-refractivity contribution >= 4 is 22.6 Å². The Hall–Kier alpha value is -3.88. The van der Waals surface area contributed by atoms with Gasteiger partial charge in [-0.05, 0) is 25.1 Å². The van der Waals surface area contributed by atoms with Crippen LogP contribution in [0.5, 0.6) is 0 Å². The Morgan fingerprint density at radius 1 is 1.14 bits per heavy atom. The van der Waals surface area contributed by atoms with Gasteiger partial charge in [0.05, 0.1) is 17.8 Å². The van der Waals surface area contributed by atoms with E-state index in [1.165, 1.54) is 4.57 Å². The molecule has 0 bridgehead atoms. The number of benzene rings is 2. The largest absolute Gasteiger partial charge is 0.462 e. The number of para-hydroxylation sites is 2. The van der Waals surface area contributed by atoms with Crippen LogP contribution in [0.4, 0.5) is 5.69 Å². The van der Waals surface area contributed by atoms with Gasteiger partial charge in [-0.1, -0.05) is 36.4 Å². The first-order valence-corrected chi connectivity index (χ1v) is 8.96. The summed E-state index contributed by atoms with van der Waals surface area (Å²) in [6.07, 6.45) is 0. The second-order valence-electron chi connectivity index (χ2n) is 5.95. The van der Waals surface area contributed by atoms with Gasteiger partial charge in [0.1, 0.15) is 12.2 Å². The third kappa shape index (κ3) is 4.18. The van der Waals surface area contributed by atoms with Crippen molar-refractivity contribution in [3.63, 3.8) is 0 Å². The van der Waals surface area contributed by atoms with Crippen molar-refractivity contribution in [2.24, 2.45) is 0 Å². The number of nitrogens with zero attached hydrogens (tertiary/aromatic N) is 2. The minimum Gasteiger partial charge on any atom is -0.462 e. The van der Waals surface area contributed by atoms with Crippen molar-refractivity contribution in [2.75, 3.05) is 25.1 Å². The molecule has 9 nitrogen and oxygen atoms in total. The number of pyridine rings is 1. The van der Waals surface area contributed by atoms with Crippen molar-refractivity contribution in [1.82, 2.24) is 4.57 Å². The van der Waals surface area contributed by atoms with E-state index in [0.29, 0.717) is 16.6 Å². The number of rotatable bonds is 8. The van der Waals surface area contributed by atoms with Crippen LogP contribution in [-0.2, 0) is 9.57 Å². The first-order chi connectivity index (χ1) is 14.0. The van der Waals surface area contributed by atoms with Crippen LogP contribution in [0.25, 0.3) is 16.6 Å². The fraction of sp³-hybridized carbons (Fsp3) is 0.200. The van der Waals surface area contributed by atoms with E-state index in [-0.39, 0.29) is 31.0 Å². The molecule has 150 valence electrons. The number of carbonyl (C=O) groups excluding carboxylic acids is 1. The molecule has 1 heterocycles. The molecule has 0 radical (unpaired) electrons. The fourth-order valence-corrected chi connectivity index (χ4v) is 3.05. The zero-order valence-corrected chi connectivity index (χ0v) is 15.7. The monoisotopic (exact) mass is 397 g/mol. The molecule has 0 saturated carbocycles. The maximum Gasteiger partial charge on any atom is 0.345 e. The minimum absolute atomic E-state index is 0.0200. The van der Waals surface area contributed by atoms with E-state index in [1.54, 1.807) is 55.5 Å². The summed E-state index contributed by atoms with van der Waals surface area (Å²) in [7, 11) is 0. The molecule has 1 N–H and O–H groups in total. The summed E-state index contributed by atoms with van der Waals surface area (Å²) in [5.74, 6) is -0.773. The van der Waals surface area contributed by atoms with Crippen LogP contribution < -0.4 is 10.9 Å². The molecule has 2 aromatic carbocycles. The Morgan fingerprint density at radius 3 is 2.52 bits per heavy atom. The topological polar surface area (TPSA) is 113 Å². The van der Waals surface area contributed by atoms with Gasteiger partial charge in [0.2, 0.25) is 0 Å². The molecular formula is C20H19N3O6. The number of anilines is 1. The van der Waals surface area contributed by atoms with E-state index in [1.807, 2.05) is 6.07 Å². The van der Waals surface area contributed by atoms with Gasteiger partial charge in [0, 0.05) is 17.6 Å².